The highest BCUT2D eigenvalue weighted by molar-refractivity contribution is 6.20. The van der Waals surface area contributed by atoms with Crippen molar-refractivity contribution in [2.24, 2.45) is 5.41 Å². The van der Waals surface area contributed by atoms with E-state index in [4.69, 9.17) is 11.6 Å². The largest absolute Gasteiger partial charge is 0.324 e. The molecular formula is C17H19ClN2O. The monoisotopic (exact) mass is 302 g/mol. The lowest BCUT2D eigenvalue weighted by Gasteiger charge is -2.33. The van der Waals surface area contributed by atoms with E-state index in [1.807, 2.05) is 30.3 Å². The first kappa shape index (κ1) is 14.3. The highest BCUT2D eigenvalue weighted by atomic mass is 35.5. The van der Waals surface area contributed by atoms with Crippen LogP contribution in [0.15, 0.2) is 36.5 Å². The fraction of sp³-hybridized carbons (Fsp3) is 0.412. The van der Waals surface area contributed by atoms with Crippen LogP contribution in [-0.4, -0.2) is 16.8 Å². The molecule has 1 heterocycles. The average Bonchev–Trinajstić information content (AvgIpc) is 2.55. The lowest BCUT2D eigenvalue weighted by molar-refractivity contribution is -0.126. The molecule has 1 N–H and O–H groups in total. The zero-order valence-electron chi connectivity index (χ0n) is 11.9. The molecule has 3 nitrogen and oxygen atoms in total. The number of carbonyl (C=O) groups is 1. The van der Waals surface area contributed by atoms with E-state index in [1.54, 1.807) is 6.20 Å². The van der Waals surface area contributed by atoms with Crippen molar-refractivity contribution in [2.75, 3.05) is 11.2 Å². The first-order valence-corrected chi connectivity index (χ1v) is 7.99. The van der Waals surface area contributed by atoms with Crippen LogP contribution >= 0.6 is 11.6 Å². The van der Waals surface area contributed by atoms with Crippen molar-refractivity contribution in [3.05, 3.63) is 36.5 Å². The topological polar surface area (TPSA) is 42.0 Å². The molecule has 1 saturated carbocycles. The minimum Gasteiger partial charge on any atom is -0.324 e. The van der Waals surface area contributed by atoms with E-state index in [2.05, 4.69) is 10.3 Å². The van der Waals surface area contributed by atoms with Crippen LogP contribution in [-0.2, 0) is 4.79 Å². The highest BCUT2D eigenvalue weighted by Crippen LogP contribution is 2.38. The molecule has 21 heavy (non-hydrogen) atoms. The summed E-state index contributed by atoms with van der Waals surface area (Å²) < 4.78 is 0. The Balaban J connectivity index is 1.81. The van der Waals surface area contributed by atoms with Gasteiger partial charge in [0, 0.05) is 11.3 Å². The van der Waals surface area contributed by atoms with E-state index < -0.39 is 5.41 Å². The number of halogens is 1. The van der Waals surface area contributed by atoms with Crippen molar-refractivity contribution in [1.82, 2.24) is 4.98 Å². The van der Waals surface area contributed by atoms with Gasteiger partial charge in [-0.05, 0) is 25.0 Å². The van der Waals surface area contributed by atoms with Crippen LogP contribution in [0.1, 0.15) is 32.1 Å². The smallest absolute Gasteiger partial charge is 0.231 e. The molecule has 4 heteroatoms. The van der Waals surface area contributed by atoms with Gasteiger partial charge in [0.15, 0.2) is 0 Å². The van der Waals surface area contributed by atoms with E-state index >= 15 is 0 Å². The fourth-order valence-corrected chi connectivity index (χ4v) is 3.44. The van der Waals surface area contributed by atoms with E-state index in [0.29, 0.717) is 5.88 Å². The predicted octanol–water partition coefficient (Wildman–Crippen LogP) is 4.36. The van der Waals surface area contributed by atoms with Gasteiger partial charge in [0.25, 0.3) is 0 Å². The second kappa shape index (κ2) is 6.02. The number of hydrogen-bond acceptors (Lipinski definition) is 2. The SMILES string of the molecule is O=C(Nc1cnc2ccccc2c1)C1(CCl)CCCCC1. The Morgan fingerprint density at radius 2 is 2.00 bits per heavy atom. The van der Waals surface area contributed by atoms with Crippen LogP contribution < -0.4 is 5.32 Å². The van der Waals surface area contributed by atoms with E-state index in [1.165, 1.54) is 6.42 Å². The quantitative estimate of drug-likeness (QED) is 0.856. The van der Waals surface area contributed by atoms with Crippen LogP contribution in [0.4, 0.5) is 5.69 Å². The maximum Gasteiger partial charge on any atom is 0.231 e. The lowest BCUT2D eigenvalue weighted by Crippen LogP contribution is -2.39. The number of carbonyl (C=O) groups excluding carboxylic acids is 1. The van der Waals surface area contributed by atoms with E-state index in [-0.39, 0.29) is 5.91 Å². The molecule has 1 aromatic carbocycles. The van der Waals surface area contributed by atoms with E-state index in [0.717, 1.165) is 42.3 Å². The van der Waals surface area contributed by atoms with Gasteiger partial charge in [-0.1, -0.05) is 37.5 Å². The number of benzene rings is 1. The molecule has 1 aliphatic rings. The summed E-state index contributed by atoms with van der Waals surface area (Å²) in [7, 11) is 0. The Labute approximate surface area is 129 Å². The van der Waals surface area contributed by atoms with Gasteiger partial charge in [-0.2, -0.15) is 0 Å². The van der Waals surface area contributed by atoms with Gasteiger partial charge in [0.05, 0.1) is 22.8 Å². The molecule has 0 aliphatic heterocycles. The van der Waals surface area contributed by atoms with Crippen molar-refractivity contribution in [2.45, 2.75) is 32.1 Å². The zero-order valence-corrected chi connectivity index (χ0v) is 12.7. The first-order valence-electron chi connectivity index (χ1n) is 7.46. The molecule has 3 rings (SSSR count). The maximum absolute atomic E-state index is 12.6. The molecule has 0 radical (unpaired) electrons. The van der Waals surface area contributed by atoms with Gasteiger partial charge in [-0.3, -0.25) is 9.78 Å². The van der Waals surface area contributed by atoms with Crippen LogP contribution in [0, 0.1) is 5.41 Å². The molecule has 0 bridgehead atoms. The van der Waals surface area contributed by atoms with E-state index in [9.17, 15) is 4.79 Å². The Kier molecular flexibility index (Phi) is 4.11. The number of pyridine rings is 1. The predicted molar refractivity (Wildman–Crippen MR) is 86.6 cm³/mol. The number of amides is 1. The van der Waals surface area contributed by atoms with Crippen molar-refractivity contribution in [3.63, 3.8) is 0 Å². The summed E-state index contributed by atoms with van der Waals surface area (Å²) in [4.78, 5) is 17.0. The van der Waals surface area contributed by atoms with Crippen molar-refractivity contribution < 1.29 is 4.79 Å². The Morgan fingerprint density at radius 3 is 2.76 bits per heavy atom. The van der Waals surface area contributed by atoms with Crippen LogP contribution in [0.25, 0.3) is 10.9 Å². The number of anilines is 1. The summed E-state index contributed by atoms with van der Waals surface area (Å²) in [5.41, 5.74) is 1.26. The zero-order chi connectivity index (χ0) is 14.7. The number of alkyl halides is 1. The van der Waals surface area contributed by atoms with Gasteiger partial charge in [-0.25, -0.2) is 0 Å². The number of hydrogen-bond donors (Lipinski definition) is 1. The third-order valence-corrected chi connectivity index (χ3v) is 4.91. The summed E-state index contributed by atoms with van der Waals surface area (Å²) in [6, 6.07) is 9.85. The molecule has 0 saturated heterocycles. The summed E-state index contributed by atoms with van der Waals surface area (Å²) in [6.45, 7) is 0. The summed E-state index contributed by atoms with van der Waals surface area (Å²) in [6.07, 6.45) is 6.83. The molecule has 1 amide bonds. The molecule has 0 spiro atoms. The normalized spacial score (nSPS) is 17.6. The van der Waals surface area contributed by atoms with Gasteiger partial charge in [-0.15, -0.1) is 11.6 Å². The summed E-state index contributed by atoms with van der Waals surface area (Å²) in [5, 5.41) is 4.04. The standard InChI is InChI=1S/C17H19ClN2O/c18-12-17(8-4-1-5-9-17)16(21)20-14-10-13-6-2-3-7-15(13)19-11-14/h2-3,6-7,10-11H,1,4-5,8-9,12H2,(H,20,21). The number of fused-ring (bicyclic) bond motifs is 1. The first-order chi connectivity index (χ1) is 10.2. The minimum atomic E-state index is -0.411. The average molecular weight is 303 g/mol. The fourth-order valence-electron chi connectivity index (χ4n) is 3.05. The number of rotatable bonds is 3. The number of nitrogens with zero attached hydrogens (tertiary/aromatic N) is 1. The third kappa shape index (κ3) is 2.88. The highest BCUT2D eigenvalue weighted by Gasteiger charge is 2.38. The minimum absolute atomic E-state index is 0.0364. The second-order valence-electron chi connectivity index (χ2n) is 5.85. The van der Waals surface area contributed by atoms with Gasteiger partial charge in [0.1, 0.15) is 0 Å². The van der Waals surface area contributed by atoms with Gasteiger partial charge >= 0.3 is 0 Å². The number of para-hydroxylation sites is 1. The molecule has 2 aromatic rings. The molecule has 1 aromatic heterocycles. The van der Waals surface area contributed by atoms with Gasteiger partial charge in [0.2, 0.25) is 5.91 Å². The third-order valence-electron chi connectivity index (χ3n) is 4.40. The van der Waals surface area contributed by atoms with Crippen molar-refractivity contribution in [1.29, 1.82) is 0 Å². The van der Waals surface area contributed by atoms with Crippen LogP contribution in [0.2, 0.25) is 0 Å². The second-order valence-corrected chi connectivity index (χ2v) is 6.11. The Bertz CT molecular complexity index is 650. The Hall–Kier alpha value is -1.61. The Morgan fingerprint density at radius 1 is 1.24 bits per heavy atom. The summed E-state index contributed by atoms with van der Waals surface area (Å²) >= 11 is 6.12. The molecular weight excluding hydrogens is 284 g/mol. The molecule has 110 valence electrons. The van der Waals surface area contributed by atoms with Gasteiger partial charge < -0.3 is 5.32 Å². The lowest BCUT2D eigenvalue weighted by atomic mass is 9.75. The summed E-state index contributed by atoms with van der Waals surface area (Å²) in [5.74, 6) is 0.425. The molecule has 0 unspecified atom stereocenters. The van der Waals surface area contributed by atoms with Crippen molar-refractivity contribution in [3.8, 4) is 0 Å². The van der Waals surface area contributed by atoms with Crippen LogP contribution in [0.3, 0.4) is 0 Å². The van der Waals surface area contributed by atoms with Crippen molar-refractivity contribution >= 4 is 34.1 Å². The maximum atomic E-state index is 12.6. The molecule has 1 aliphatic carbocycles. The van der Waals surface area contributed by atoms with Crippen LogP contribution in [0.5, 0.6) is 0 Å². The molecule has 0 atom stereocenters. The molecule has 1 fully saturated rings. The number of nitrogens with one attached hydrogen (secondary N) is 1. The number of aromatic nitrogens is 1.